The van der Waals surface area contributed by atoms with E-state index in [4.69, 9.17) is 26.8 Å². The third kappa shape index (κ3) is 10.4. The summed E-state index contributed by atoms with van der Waals surface area (Å²) in [7, 11) is 0. The molecule has 14 nitrogen and oxygen atoms in total. The molecule has 0 unspecified atom stereocenters. The van der Waals surface area contributed by atoms with Gasteiger partial charge in [-0.2, -0.15) is 13.2 Å². The predicted octanol–water partition coefficient (Wildman–Crippen LogP) is 6.06. The average Bonchev–Trinajstić information content (AvgIpc) is 3.58. The quantitative estimate of drug-likeness (QED) is 0.133. The number of rotatable bonds is 11. The minimum atomic E-state index is -4.82. The van der Waals surface area contributed by atoms with E-state index in [0.717, 1.165) is 36.0 Å². The van der Waals surface area contributed by atoms with Crippen LogP contribution in [-0.2, 0) is 38.1 Å². The standard InChI is InChI=1S/C43H49ClF3N7O7/c44-34-26-28(25-33(38(34)48)43(45,46)47)27-36(61-42(59)53-17-13-32(14-18-53)54-19-12-29-5-1-2-6-35(29)49-41(54)58)39(56)52-22-20-50(21-23-52)31-10-8-30(9-11-31)40(57)60-24-4-16-51-15-3-7-37(51)55/h1-2,5-6,8-11,25-26,32,36H,3-4,7,12-24,27,48H2,(H,49,58)/t36-/m1/s1. The van der Waals surface area contributed by atoms with Gasteiger partial charge in [-0.15, -0.1) is 0 Å². The van der Waals surface area contributed by atoms with Crippen LogP contribution in [0.25, 0.3) is 0 Å². The van der Waals surface area contributed by atoms with Crippen molar-refractivity contribution in [2.45, 2.75) is 63.3 Å². The maximum absolute atomic E-state index is 14.1. The number of carbonyl (C=O) groups excluding carboxylic acids is 5. The molecule has 7 rings (SSSR count). The van der Waals surface area contributed by atoms with Crippen LogP contribution in [-0.4, -0.2) is 127 Å². The van der Waals surface area contributed by atoms with Gasteiger partial charge in [0, 0.05) is 89.2 Å². The van der Waals surface area contributed by atoms with Gasteiger partial charge in [0.25, 0.3) is 5.91 Å². The van der Waals surface area contributed by atoms with Gasteiger partial charge in [0.05, 0.1) is 28.4 Å². The van der Waals surface area contributed by atoms with Crippen LogP contribution in [0.5, 0.6) is 0 Å². The number of para-hydroxylation sites is 1. The van der Waals surface area contributed by atoms with Crippen molar-refractivity contribution in [3.8, 4) is 0 Å². The molecule has 0 radical (unpaired) electrons. The van der Waals surface area contributed by atoms with Gasteiger partial charge in [0.2, 0.25) is 5.91 Å². The number of nitrogens with zero attached hydrogens (tertiary/aromatic N) is 5. The van der Waals surface area contributed by atoms with E-state index in [2.05, 4.69) is 5.32 Å². The highest BCUT2D eigenvalue weighted by atomic mass is 35.5. The van der Waals surface area contributed by atoms with Crippen molar-refractivity contribution in [2.24, 2.45) is 0 Å². The zero-order chi connectivity index (χ0) is 43.3. The van der Waals surface area contributed by atoms with Crippen LogP contribution in [0.1, 0.15) is 59.2 Å². The number of urea groups is 1. The summed E-state index contributed by atoms with van der Waals surface area (Å²) in [5.74, 6) is -0.920. The first-order chi connectivity index (χ1) is 29.2. The number of nitrogens with one attached hydrogen (secondary N) is 1. The molecule has 0 saturated carbocycles. The first kappa shape index (κ1) is 43.4. The van der Waals surface area contributed by atoms with E-state index >= 15 is 0 Å². The van der Waals surface area contributed by atoms with E-state index in [0.29, 0.717) is 63.8 Å². The van der Waals surface area contributed by atoms with Gasteiger partial charge >= 0.3 is 24.3 Å². The number of halogens is 4. The molecule has 3 N–H and O–H groups in total. The number of likely N-dealkylation sites (tertiary alicyclic amines) is 2. The number of piperidine rings is 1. The van der Waals surface area contributed by atoms with E-state index in [-0.39, 0.29) is 67.8 Å². The number of ether oxygens (including phenoxy) is 2. The number of benzene rings is 3. The lowest BCUT2D eigenvalue weighted by Crippen LogP contribution is -2.54. The minimum Gasteiger partial charge on any atom is -0.462 e. The Labute approximate surface area is 356 Å². The Balaban J connectivity index is 0.963. The lowest BCUT2D eigenvalue weighted by atomic mass is 10.0. The van der Waals surface area contributed by atoms with Crippen molar-refractivity contribution in [3.63, 3.8) is 0 Å². The topological polar surface area (TPSA) is 158 Å². The van der Waals surface area contributed by atoms with E-state index in [1.807, 2.05) is 29.2 Å². The second-order valence-corrected chi connectivity index (χ2v) is 16.1. The van der Waals surface area contributed by atoms with Crippen LogP contribution in [0.2, 0.25) is 5.02 Å². The molecule has 0 aliphatic carbocycles. The summed E-state index contributed by atoms with van der Waals surface area (Å²) in [4.78, 5) is 74.0. The third-order valence-electron chi connectivity index (χ3n) is 11.8. The molecule has 3 aromatic rings. The largest absolute Gasteiger partial charge is 0.462 e. The highest BCUT2D eigenvalue weighted by Gasteiger charge is 2.38. The number of hydrogen-bond donors (Lipinski definition) is 2. The number of fused-ring (bicyclic) bond motifs is 1. The molecule has 4 aliphatic rings. The van der Waals surface area contributed by atoms with Crippen LogP contribution in [0.3, 0.4) is 0 Å². The Morgan fingerprint density at radius 3 is 2.30 bits per heavy atom. The van der Waals surface area contributed by atoms with Gasteiger partial charge in [0.15, 0.2) is 6.10 Å². The number of esters is 1. The van der Waals surface area contributed by atoms with Crippen LogP contribution < -0.4 is 16.0 Å². The van der Waals surface area contributed by atoms with Crippen molar-refractivity contribution in [2.75, 3.05) is 81.5 Å². The number of amides is 5. The molecule has 5 amide bonds. The monoisotopic (exact) mass is 867 g/mol. The Morgan fingerprint density at radius 2 is 1.61 bits per heavy atom. The molecule has 1 atom stereocenters. The summed E-state index contributed by atoms with van der Waals surface area (Å²) in [6.45, 7) is 3.68. The van der Waals surface area contributed by atoms with E-state index in [9.17, 15) is 37.1 Å². The summed E-state index contributed by atoms with van der Waals surface area (Å²) in [5.41, 5.74) is 6.88. The van der Waals surface area contributed by atoms with Crippen molar-refractivity contribution in [1.29, 1.82) is 0 Å². The molecule has 3 saturated heterocycles. The minimum absolute atomic E-state index is 0.0171. The molecule has 326 valence electrons. The van der Waals surface area contributed by atoms with Gasteiger partial charge in [-0.1, -0.05) is 29.8 Å². The summed E-state index contributed by atoms with van der Waals surface area (Å²) in [6.07, 6.45) is -3.91. The number of piperazine rings is 1. The Bertz CT molecular complexity index is 2110. The van der Waals surface area contributed by atoms with E-state index in [1.165, 1.54) is 15.9 Å². The number of anilines is 3. The third-order valence-corrected chi connectivity index (χ3v) is 12.1. The maximum atomic E-state index is 14.1. The van der Waals surface area contributed by atoms with Gasteiger partial charge < -0.3 is 45.0 Å². The molecule has 18 heteroatoms. The van der Waals surface area contributed by atoms with Crippen LogP contribution in [0.15, 0.2) is 60.7 Å². The zero-order valence-corrected chi connectivity index (χ0v) is 34.4. The first-order valence-electron chi connectivity index (χ1n) is 20.6. The van der Waals surface area contributed by atoms with Crippen molar-refractivity contribution < 1.29 is 46.6 Å². The highest BCUT2D eigenvalue weighted by Crippen LogP contribution is 2.38. The van der Waals surface area contributed by atoms with Gasteiger partial charge in [-0.3, -0.25) is 9.59 Å². The molecule has 4 heterocycles. The zero-order valence-electron chi connectivity index (χ0n) is 33.6. The van der Waals surface area contributed by atoms with Crippen molar-refractivity contribution in [3.05, 3.63) is 87.9 Å². The molecule has 3 fully saturated rings. The molecule has 61 heavy (non-hydrogen) atoms. The number of nitrogen functional groups attached to an aromatic ring is 1. The molecule has 0 spiro atoms. The van der Waals surface area contributed by atoms with Crippen molar-refractivity contribution in [1.82, 2.24) is 19.6 Å². The summed E-state index contributed by atoms with van der Waals surface area (Å²) in [6, 6.07) is 16.2. The molecule has 0 bridgehead atoms. The fourth-order valence-corrected chi connectivity index (χ4v) is 8.60. The fraction of sp³-hybridized carbons (Fsp3) is 0.465. The normalized spacial score (nSPS) is 18.1. The van der Waals surface area contributed by atoms with E-state index in [1.54, 1.807) is 34.1 Å². The molecule has 4 aliphatic heterocycles. The van der Waals surface area contributed by atoms with Crippen LogP contribution >= 0.6 is 11.6 Å². The lowest BCUT2D eigenvalue weighted by Gasteiger charge is -2.39. The molecular weight excluding hydrogens is 819 g/mol. The molecular formula is C43H49ClF3N7O7. The second kappa shape index (κ2) is 18.9. The number of carbonyl (C=O) groups is 5. The smallest absolute Gasteiger partial charge is 0.418 e. The Morgan fingerprint density at radius 1 is 0.885 bits per heavy atom. The number of nitrogens with two attached hydrogens (primary N) is 1. The highest BCUT2D eigenvalue weighted by molar-refractivity contribution is 6.33. The van der Waals surface area contributed by atoms with Crippen molar-refractivity contribution >= 4 is 58.6 Å². The Hall–Kier alpha value is -5.71. The second-order valence-electron chi connectivity index (χ2n) is 15.7. The lowest BCUT2D eigenvalue weighted by molar-refractivity contribution is -0.141. The fourth-order valence-electron chi connectivity index (χ4n) is 8.36. The van der Waals surface area contributed by atoms with Crippen LogP contribution in [0, 0.1) is 0 Å². The van der Waals surface area contributed by atoms with Gasteiger partial charge in [-0.05, 0) is 85.7 Å². The van der Waals surface area contributed by atoms with Gasteiger partial charge in [-0.25, -0.2) is 14.4 Å². The number of hydrogen-bond acceptors (Lipinski definition) is 9. The van der Waals surface area contributed by atoms with Crippen LogP contribution in [0.4, 0.5) is 39.8 Å². The van der Waals surface area contributed by atoms with E-state index < -0.39 is 41.5 Å². The van der Waals surface area contributed by atoms with Gasteiger partial charge in [0.1, 0.15) is 0 Å². The Kier molecular flexibility index (Phi) is 13.4. The number of alkyl halides is 3. The summed E-state index contributed by atoms with van der Waals surface area (Å²) >= 11 is 6.13. The summed E-state index contributed by atoms with van der Waals surface area (Å²) in [5, 5.41) is 2.63. The average molecular weight is 868 g/mol. The maximum Gasteiger partial charge on any atom is 0.418 e. The molecule has 0 aromatic heterocycles. The summed E-state index contributed by atoms with van der Waals surface area (Å²) < 4.78 is 53.0. The SMILES string of the molecule is Nc1c(Cl)cc(C[C@@H](OC(=O)N2CCC(N3CCc4ccccc4NC3=O)CC2)C(=O)N2CCN(c3ccc(C(=O)OCCCN4CCCC4=O)cc3)CC2)cc1C(F)(F)F. The first-order valence-corrected chi connectivity index (χ1v) is 21.0. The predicted molar refractivity (Wildman–Crippen MR) is 221 cm³/mol. The molecule has 3 aromatic carbocycles.